The Morgan fingerprint density at radius 3 is 2.36 bits per heavy atom. The lowest BCUT2D eigenvalue weighted by molar-refractivity contribution is 0.414. The smallest absolute Gasteiger partial charge is 0.242 e. The first-order chi connectivity index (χ1) is 10.3. The van der Waals surface area contributed by atoms with Crippen LogP contribution in [0.5, 0.6) is 5.75 Å². The standard InChI is InChI=1S/C14H12Cl3NO3S/c1-21-13-6-12(17)14(7-11(13)16)22(19,20)18-8-9-4-2-3-5-10(9)15/h2-7,18H,8H2,1H3. The SMILES string of the molecule is COc1cc(Cl)c(S(=O)(=O)NCc2ccccc2Cl)cc1Cl. The van der Waals surface area contributed by atoms with E-state index in [2.05, 4.69) is 4.72 Å². The number of methoxy groups -OCH3 is 1. The molecule has 0 unspecified atom stereocenters. The van der Waals surface area contributed by atoms with Gasteiger partial charge in [0.15, 0.2) is 0 Å². The highest BCUT2D eigenvalue weighted by Crippen LogP contribution is 2.33. The Hall–Kier alpha value is -0.980. The first kappa shape index (κ1) is 17.4. The topological polar surface area (TPSA) is 55.4 Å². The maximum atomic E-state index is 12.4. The first-order valence-electron chi connectivity index (χ1n) is 6.11. The van der Waals surface area contributed by atoms with Crippen molar-refractivity contribution in [1.82, 2.24) is 4.72 Å². The second-order valence-corrected chi connectivity index (χ2v) is 7.29. The number of hydrogen-bond acceptors (Lipinski definition) is 3. The third kappa shape index (κ3) is 3.86. The number of hydrogen-bond donors (Lipinski definition) is 1. The van der Waals surface area contributed by atoms with Crippen molar-refractivity contribution in [2.75, 3.05) is 7.11 Å². The summed E-state index contributed by atoms with van der Waals surface area (Å²) in [6.45, 7) is 0.0436. The lowest BCUT2D eigenvalue weighted by Crippen LogP contribution is -2.23. The van der Waals surface area contributed by atoms with E-state index in [1.54, 1.807) is 24.3 Å². The van der Waals surface area contributed by atoms with Crippen molar-refractivity contribution >= 4 is 44.8 Å². The number of nitrogens with one attached hydrogen (secondary N) is 1. The van der Waals surface area contributed by atoms with E-state index in [4.69, 9.17) is 39.5 Å². The van der Waals surface area contributed by atoms with Crippen LogP contribution in [0.4, 0.5) is 0 Å². The zero-order chi connectivity index (χ0) is 16.3. The fourth-order valence-corrected chi connectivity index (χ4v) is 3.82. The van der Waals surface area contributed by atoms with Crippen LogP contribution in [0, 0.1) is 0 Å². The molecule has 0 saturated carbocycles. The number of ether oxygens (including phenoxy) is 1. The Balaban J connectivity index is 2.28. The fraction of sp³-hybridized carbons (Fsp3) is 0.143. The first-order valence-corrected chi connectivity index (χ1v) is 8.73. The lowest BCUT2D eigenvalue weighted by atomic mass is 10.2. The van der Waals surface area contributed by atoms with Gasteiger partial charge in [0.25, 0.3) is 0 Å². The Morgan fingerprint density at radius 1 is 1.05 bits per heavy atom. The molecule has 0 aliphatic heterocycles. The van der Waals surface area contributed by atoms with Crippen LogP contribution in [0.1, 0.15) is 5.56 Å². The average molecular weight is 381 g/mol. The molecule has 2 aromatic carbocycles. The summed E-state index contributed by atoms with van der Waals surface area (Å²) in [5.41, 5.74) is 0.656. The van der Waals surface area contributed by atoms with Gasteiger partial charge in [-0.15, -0.1) is 0 Å². The molecule has 4 nitrogen and oxygen atoms in total. The monoisotopic (exact) mass is 379 g/mol. The highest BCUT2D eigenvalue weighted by molar-refractivity contribution is 7.89. The van der Waals surface area contributed by atoms with Crippen LogP contribution in [0.3, 0.4) is 0 Å². The normalized spacial score (nSPS) is 11.5. The van der Waals surface area contributed by atoms with Crippen LogP contribution >= 0.6 is 34.8 Å². The summed E-state index contributed by atoms with van der Waals surface area (Å²) in [6, 6.07) is 9.55. The Bertz CT molecular complexity index is 794. The summed E-state index contributed by atoms with van der Waals surface area (Å²) < 4.78 is 32.1. The van der Waals surface area contributed by atoms with Crippen molar-refractivity contribution in [1.29, 1.82) is 0 Å². The van der Waals surface area contributed by atoms with Crippen molar-refractivity contribution < 1.29 is 13.2 Å². The zero-order valence-electron chi connectivity index (χ0n) is 11.4. The fourth-order valence-electron chi connectivity index (χ4n) is 1.76. The molecule has 0 saturated heterocycles. The Labute approximate surface area is 144 Å². The maximum Gasteiger partial charge on any atom is 0.242 e. The molecular formula is C14H12Cl3NO3S. The van der Waals surface area contributed by atoms with Crippen LogP contribution in [0.25, 0.3) is 0 Å². The van der Waals surface area contributed by atoms with E-state index in [1.165, 1.54) is 19.2 Å². The van der Waals surface area contributed by atoms with E-state index in [9.17, 15) is 8.42 Å². The van der Waals surface area contributed by atoms with Gasteiger partial charge in [0.2, 0.25) is 10.0 Å². The van der Waals surface area contributed by atoms with Crippen LogP contribution in [0.2, 0.25) is 15.1 Å². The largest absolute Gasteiger partial charge is 0.495 e. The van der Waals surface area contributed by atoms with Gasteiger partial charge in [0.05, 0.1) is 17.2 Å². The van der Waals surface area contributed by atoms with Gasteiger partial charge in [0.1, 0.15) is 10.6 Å². The molecule has 2 rings (SSSR count). The molecule has 8 heteroatoms. The molecule has 0 aliphatic rings. The van der Waals surface area contributed by atoms with Gasteiger partial charge in [-0.1, -0.05) is 53.0 Å². The van der Waals surface area contributed by atoms with Gasteiger partial charge in [-0.3, -0.25) is 0 Å². The van der Waals surface area contributed by atoms with Crippen molar-refractivity contribution in [2.45, 2.75) is 11.4 Å². The van der Waals surface area contributed by atoms with Crippen molar-refractivity contribution in [2.24, 2.45) is 0 Å². The van der Waals surface area contributed by atoms with Gasteiger partial charge in [0, 0.05) is 17.6 Å². The van der Waals surface area contributed by atoms with Crippen molar-refractivity contribution in [3.63, 3.8) is 0 Å². The van der Waals surface area contributed by atoms with Crippen LogP contribution < -0.4 is 9.46 Å². The van der Waals surface area contributed by atoms with E-state index in [1.807, 2.05) is 0 Å². The quantitative estimate of drug-likeness (QED) is 0.848. The molecule has 22 heavy (non-hydrogen) atoms. The summed E-state index contributed by atoms with van der Waals surface area (Å²) in [7, 11) is -2.42. The number of sulfonamides is 1. The molecule has 0 aromatic heterocycles. The third-order valence-electron chi connectivity index (χ3n) is 2.91. The molecule has 118 valence electrons. The second-order valence-electron chi connectivity index (χ2n) is 4.33. The Morgan fingerprint density at radius 2 is 1.73 bits per heavy atom. The molecule has 0 aliphatic carbocycles. The van der Waals surface area contributed by atoms with Crippen LogP contribution in [-0.4, -0.2) is 15.5 Å². The maximum absolute atomic E-state index is 12.4. The highest BCUT2D eigenvalue weighted by atomic mass is 35.5. The van der Waals surface area contributed by atoms with Gasteiger partial charge in [-0.05, 0) is 17.7 Å². The summed E-state index contributed by atoms with van der Waals surface area (Å²) >= 11 is 17.9. The van der Waals surface area contributed by atoms with E-state index in [0.717, 1.165) is 0 Å². The van der Waals surface area contributed by atoms with E-state index in [0.29, 0.717) is 16.3 Å². The van der Waals surface area contributed by atoms with Gasteiger partial charge < -0.3 is 4.74 Å². The number of benzene rings is 2. The molecule has 0 amide bonds. The van der Waals surface area contributed by atoms with Gasteiger partial charge in [-0.25, -0.2) is 13.1 Å². The molecular weight excluding hydrogens is 369 g/mol. The van der Waals surface area contributed by atoms with Crippen LogP contribution in [-0.2, 0) is 16.6 Å². The number of halogens is 3. The third-order valence-corrected chi connectivity index (χ3v) is 5.44. The van der Waals surface area contributed by atoms with Crippen LogP contribution in [0.15, 0.2) is 41.3 Å². The van der Waals surface area contributed by atoms with E-state index >= 15 is 0 Å². The lowest BCUT2D eigenvalue weighted by Gasteiger charge is -2.11. The molecule has 0 fully saturated rings. The number of rotatable bonds is 5. The van der Waals surface area contributed by atoms with E-state index < -0.39 is 10.0 Å². The molecule has 0 atom stereocenters. The predicted octanol–water partition coefficient (Wildman–Crippen LogP) is 4.13. The average Bonchev–Trinajstić information content (AvgIpc) is 2.48. The summed E-state index contributed by atoms with van der Waals surface area (Å²) in [5, 5.41) is 0.655. The highest BCUT2D eigenvalue weighted by Gasteiger charge is 2.20. The van der Waals surface area contributed by atoms with Gasteiger partial charge >= 0.3 is 0 Å². The second kappa shape index (κ2) is 7.06. The molecule has 1 N–H and O–H groups in total. The zero-order valence-corrected chi connectivity index (χ0v) is 14.5. The molecule has 2 aromatic rings. The molecule has 0 bridgehead atoms. The van der Waals surface area contributed by atoms with Crippen molar-refractivity contribution in [3.8, 4) is 5.75 Å². The molecule has 0 heterocycles. The summed E-state index contributed by atoms with van der Waals surface area (Å²) in [6.07, 6.45) is 0. The minimum Gasteiger partial charge on any atom is -0.495 e. The minimum absolute atomic E-state index is 0.0212. The predicted molar refractivity (Wildman–Crippen MR) is 88.5 cm³/mol. The molecule has 0 spiro atoms. The summed E-state index contributed by atoms with van der Waals surface area (Å²) in [5.74, 6) is 0.303. The Kier molecular flexibility index (Phi) is 5.58. The van der Waals surface area contributed by atoms with E-state index in [-0.39, 0.29) is 21.5 Å². The minimum atomic E-state index is -3.83. The van der Waals surface area contributed by atoms with Crippen molar-refractivity contribution in [3.05, 3.63) is 57.0 Å². The molecule has 0 radical (unpaired) electrons. The van der Waals surface area contributed by atoms with Gasteiger partial charge in [-0.2, -0.15) is 0 Å². The summed E-state index contributed by atoms with van der Waals surface area (Å²) in [4.78, 5) is -0.118.